The van der Waals surface area contributed by atoms with Gasteiger partial charge in [0.2, 0.25) is 0 Å². The third-order valence-corrected chi connectivity index (χ3v) is 2.71. The van der Waals surface area contributed by atoms with Crippen molar-refractivity contribution in [2.24, 2.45) is 0 Å². The van der Waals surface area contributed by atoms with Gasteiger partial charge in [0.25, 0.3) is 0 Å². The molecule has 0 fully saturated rings. The van der Waals surface area contributed by atoms with Crippen molar-refractivity contribution in [3.05, 3.63) is 47.7 Å². The second kappa shape index (κ2) is 4.28. The molecule has 0 aliphatic carbocycles. The Morgan fingerprint density at radius 1 is 1.18 bits per heavy atom. The van der Waals surface area contributed by atoms with Crippen LogP contribution in [0.1, 0.15) is 18.1 Å². The largest absolute Gasteiger partial charge is 0.416 e. The van der Waals surface area contributed by atoms with Crippen LogP contribution in [0.5, 0.6) is 0 Å². The van der Waals surface area contributed by atoms with Crippen molar-refractivity contribution in [2.75, 3.05) is 0 Å². The quantitative estimate of drug-likeness (QED) is 0.805. The van der Waals surface area contributed by atoms with Gasteiger partial charge in [-0.3, -0.25) is 0 Å². The van der Waals surface area contributed by atoms with Crippen molar-refractivity contribution < 1.29 is 13.2 Å². The van der Waals surface area contributed by atoms with Crippen LogP contribution in [0, 0.1) is 0 Å². The van der Waals surface area contributed by atoms with Gasteiger partial charge in [-0.25, -0.2) is 0 Å². The van der Waals surface area contributed by atoms with Crippen LogP contribution in [0.15, 0.2) is 36.5 Å². The van der Waals surface area contributed by atoms with E-state index in [1.165, 1.54) is 6.07 Å². The molecular formula is C13H12F3N. The molecule has 2 aromatic rings. The summed E-state index contributed by atoms with van der Waals surface area (Å²) in [4.78, 5) is 2.90. The average Bonchev–Trinajstić information content (AvgIpc) is 2.80. The zero-order valence-corrected chi connectivity index (χ0v) is 9.31. The molecule has 4 heteroatoms. The maximum atomic E-state index is 12.8. The minimum atomic E-state index is -4.30. The van der Waals surface area contributed by atoms with Crippen molar-refractivity contribution in [1.29, 1.82) is 0 Å². The lowest BCUT2D eigenvalue weighted by atomic mass is 10.0. The summed E-state index contributed by atoms with van der Waals surface area (Å²) in [5, 5.41) is 0. The fourth-order valence-corrected chi connectivity index (χ4v) is 1.83. The number of aromatic amines is 1. The molecule has 1 aromatic heterocycles. The first-order valence-corrected chi connectivity index (χ1v) is 5.36. The van der Waals surface area contributed by atoms with E-state index < -0.39 is 11.7 Å². The summed E-state index contributed by atoms with van der Waals surface area (Å²) in [6, 6.07) is 7.96. The summed E-state index contributed by atoms with van der Waals surface area (Å²) in [6.07, 6.45) is -2.23. The number of H-pyrrole nitrogens is 1. The van der Waals surface area contributed by atoms with Crippen molar-refractivity contribution in [1.82, 2.24) is 4.98 Å². The monoisotopic (exact) mass is 239 g/mol. The minimum Gasteiger partial charge on any atom is -0.361 e. The van der Waals surface area contributed by atoms with Crippen LogP contribution in [0.25, 0.3) is 11.3 Å². The highest BCUT2D eigenvalue weighted by Gasteiger charge is 2.33. The van der Waals surface area contributed by atoms with E-state index in [1.54, 1.807) is 37.4 Å². The van der Waals surface area contributed by atoms with Gasteiger partial charge >= 0.3 is 6.18 Å². The summed E-state index contributed by atoms with van der Waals surface area (Å²) in [6.45, 7) is 1.72. The van der Waals surface area contributed by atoms with E-state index in [0.29, 0.717) is 23.2 Å². The summed E-state index contributed by atoms with van der Waals surface area (Å²) in [7, 11) is 0. The van der Waals surface area contributed by atoms with Crippen LogP contribution in [0.3, 0.4) is 0 Å². The first-order chi connectivity index (χ1) is 8.02. The number of alkyl halides is 3. The number of hydrogen-bond acceptors (Lipinski definition) is 0. The normalized spacial score (nSPS) is 11.8. The SMILES string of the molecule is CCc1ccc(-c2ccc[nH]2)cc1C(F)(F)F. The van der Waals surface area contributed by atoms with Crippen LogP contribution in [0.4, 0.5) is 13.2 Å². The van der Waals surface area contributed by atoms with Crippen LogP contribution in [-0.4, -0.2) is 4.98 Å². The maximum absolute atomic E-state index is 12.8. The van der Waals surface area contributed by atoms with Gasteiger partial charge in [-0.2, -0.15) is 13.2 Å². The molecule has 0 unspecified atom stereocenters. The van der Waals surface area contributed by atoms with Crippen molar-refractivity contribution in [3.8, 4) is 11.3 Å². The maximum Gasteiger partial charge on any atom is 0.416 e. The molecule has 0 aliphatic heterocycles. The summed E-state index contributed by atoms with van der Waals surface area (Å²) in [5.74, 6) is 0. The van der Waals surface area contributed by atoms with Crippen LogP contribution < -0.4 is 0 Å². The van der Waals surface area contributed by atoms with E-state index in [4.69, 9.17) is 0 Å². The van der Waals surface area contributed by atoms with Gasteiger partial charge in [-0.05, 0) is 35.7 Å². The van der Waals surface area contributed by atoms with Crippen LogP contribution >= 0.6 is 0 Å². The smallest absolute Gasteiger partial charge is 0.361 e. The Kier molecular flexibility index (Phi) is 2.96. The molecule has 2 rings (SSSR count). The Morgan fingerprint density at radius 2 is 1.94 bits per heavy atom. The number of aryl methyl sites for hydroxylation is 1. The lowest BCUT2D eigenvalue weighted by Crippen LogP contribution is -2.09. The fraction of sp³-hybridized carbons (Fsp3) is 0.231. The molecule has 0 bridgehead atoms. The highest BCUT2D eigenvalue weighted by molar-refractivity contribution is 5.61. The zero-order valence-electron chi connectivity index (χ0n) is 9.31. The lowest BCUT2D eigenvalue weighted by molar-refractivity contribution is -0.138. The van der Waals surface area contributed by atoms with Crippen LogP contribution in [-0.2, 0) is 12.6 Å². The Hall–Kier alpha value is -1.71. The molecule has 0 aliphatic rings. The molecule has 90 valence electrons. The van der Waals surface area contributed by atoms with E-state index in [2.05, 4.69) is 4.98 Å². The molecule has 0 saturated heterocycles. The van der Waals surface area contributed by atoms with Crippen molar-refractivity contribution in [3.63, 3.8) is 0 Å². The van der Waals surface area contributed by atoms with Gasteiger partial charge in [0, 0.05) is 11.9 Å². The van der Waals surface area contributed by atoms with E-state index in [9.17, 15) is 13.2 Å². The molecular weight excluding hydrogens is 227 g/mol. The Morgan fingerprint density at radius 3 is 2.47 bits per heavy atom. The Bertz CT molecular complexity index is 498. The second-order valence-corrected chi connectivity index (χ2v) is 3.81. The molecule has 0 atom stereocenters. The van der Waals surface area contributed by atoms with Gasteiger partial charge in [0.05, 0.1) is 5.56 Å². The Labute approximate surface area is 97.3 Å². The first kappa shape index (κ1) is 11.8. The van der Waals surface area contributed by atoms with E-state index in [-0.39, 0.29) is 0 Å². The van der Waals surface area contributed by atoms with Crippen molar-refractivity contribution >= 4 is 0 Å². The topological polar surface area (TPSA) is 15.8 Å². The van der Waals surface area contributed by atoms with Gasteiger partial charge in [0.15, 0.2) is 0 Å². The van der Waals surface area contributed by atoms with E-state index >= 15 is 0 Å². The highest BCUT2D eigenvalue weighted by atomic mass is 19.4. The fourth-order valence-electron chi connectivity index (χ4n) is 1.83. The molecule has 0 saturated carbocycles. The predicted molar refractivity (Wildman–Crippen MR) is 60.6 cm³/mol. The third kappa shape index (κ3) is 2.35. The molecule has 1 nitrogen and oxygen atoms in total. The van der Waals surface area contributed by atoms with Gasteiger partial charge in [-0.15, -0.1) is 0 Å². The molecule has 17 heavy (non-hydrogen) atoms. The van der Waals surface area contributed by atoms with Gasteiger partial charge < -0.3 is 4.98 Å². The number of nitrogens with one attached hydrogen (secondary N) is 1. The number of halogens is 3. The molecule has 0 spiro atoms. The molecule has 0 amide bonds. The van der Waals surface area contributed by atoms with Gasteiger partial charge in [-0.1, -0.05) is 19.1 Å². The summed E-state index contributed by atoms with van der Waals surface area (Å²) >= 11 is 0. The minimum absolute atomic E-state index is 0.327. The zero-order chi connectivity index (χ0) is 12.5. The standard InChI is InChI=1S/C13H12F3N/c1-2-9-5-6-10(12-4-3-7-17-12)8-11(9)13(14,15)16/h3-8,17H,2H2,1H3. The first-order valence-electron chi connectivity index (χ1n) is 5.36. The van der Waals surface area contributed by atoms with E-state index in [0.717, 1.165) is 0 Å². The number of aromatic nitrogens is 1. The average molecular weight is 239 g/mol. The number of hydrogen-bond donors (Lipinski definition) is 1. The Balaban J connectivity index is 2.53. The van der Waals surface area contributed by atoms with Gasteiger partial charge in [0.1, 0.15) is 0 Å². The molecule has 1 heterocycles. The molecule has 1 aromatic carbocycles. The van der Waals surface area contributed by atoms with E-state index in [1.807, 2.05) is 0 Å². The molecule has 0 radical (unpaired) electrons. The summed E-state index contributed by atoms with van der Waals surface area (Å²) < 4.78 is 38.5. The highest BCUT2D eigenvalue weighted by Crippen LogP contribution is 2.34. The lowest BCUT2D eigenvalue weighted by Gasteiger charge is -2.13. The number of benzene rings is 1. The van der Waals surface area contributed by atoms with Crippen LogP contribution in [0.2, 0.25) is 0 Å². The summed E-state index contributed by atoms with van der Waals surface area (Å²) in [5.41, 5.74) is 1.03. The molecule has 1 N–H and O–H groups in total. The third-order valence-electron chi connectivity index (χ3n) is 2.71. The van der Waals surface area contributed by atoms with Crippen molar-refractivity contribution in [2.45, 2.75) is 19.5 Å². The second-order valence-electron chi connectivity index (χ2n) is 3.81. The predicted octanol–water partition coefficient (Wildman–Crippen LogP) is 4.26. The number of rotatable bonds is 2.